The molecule has 0 saturated heterocycles. The van der Waals surface area contributed by atoms with E-state index in [1.165, 1.54) is 5.56 Å². The number of aromatic nitrogens is 6. The number of rotatable bonds is 6. The molecule has 8 nitrogen and oxygen atoms in total. The Morgan fingerprint density at radius 3 is 2.70 bits per heavy atom. The Bertz CT molecular complexity index is 1020. The van der Waals surface area contributed by atoms with Crippen molar-refractivity contribution in [3.63, 3.8) is 0 Å². The zero-order valence-electron chi connectivity index (χ0n) is 14.4. The zero-order valence-corrected chi connectivity index (χ0v) is 14.4. The Morgan fingerprint density at radius 2 is 1.89 bits per heavy atom. The molecular weight excluding hydrogens is 342 g/mol. The maximum absolute atomic E-state index is 12.4. The number of nitrogens with one attached hydrogen (secondary N) is 3. The third-order valence-corrected chi connectivity index (χ3v) is 4.03. The molecule has 8 heteroatoms. The third-order valence-electron chi connectivity index (χ3n) is 4.03. The Kier molecular flexibility index (Phi) is 4.69. The molecule has 4 rings (SSSR count). The van der Waals surface area contributed by atoms with Crippen molar-refractivity contribution < 1.29 is 4.79 Å². The lowest BCUT2D eigenvalue weighted by Crippen LogP contribution is -2.13. The summed E-state index contributed by atoms with van der Waals surface area (Å²) in [6, 6.07) is 15.5. The summed E-state index contributed by atoms with van der Waals surface area (Å²) >= 11 is 0. The van der Waals surface area contributed by atoms with Crippen molar-refractivity contribution in [1.29, 1.82) is 0 Å². The number of aromatic amines is 2. The quantitative estimate of drug-likeness (QED) is 0.490. The van der Waals surface area contributed by atoms with Gasteiger partial charge in [0.25, 0.3) is 5.91 Å². The molecule has 3 heterocycles. The van der Waals surface area contributed by atoms with E-state index in [0.717, 1.165) is 17.8 Å². The van der Waals surface area contributed by atoms with E-state index in [2.05, 4.69) is 47.8 Å². The van der Waals surface area contributed by atoms with Crippen LogP contribution in [0.2, 0.25) is 0 Å². The lowest BCUT2D eigenvalue weighted by Gasteiger charge is -1.98. The molecule has 0 radical (unpaired) electrons. The van der Waals surface area contributed by atoms with Crippen molar-refractivity contribution in [3.05, 3.63) is 78.0 Å². The summed E-state index contributed by atoms with van der Waals surface area (Å²) in [5, 5.41) is 16.4. The van der Waals surface area contributed by atoms with Gasteiger partial charge in [0.1, 0.15) is 11.5 Å². The van der Waals surface area contributed by atoms with Crippen LogP contribution in [0.1, 0.15) is 21.9 Å². The van der Waals surface area contributed by atoms with Crippen LogP contribution in [0.3, 0.4) is 0 Å². The SMILES string of the molecule is O=C(Nc1n[nH]c(CCc2ccccc2)n1)c1cc(-c2cccnc2)n[nH]1. The molecule has 0 spiro atoms. The van der Waals surface area contributed by atoms with Crippen molar-refractivity contribution in [2.75, 3.05) is 5.32 Å². The molecule has 3 N–H and O–H groups in total. The molecule has 27 heavy (non-hydrogen) atoms. The highest BCUT2D eigenvalue weighted by Gasteiger charge is 2.13. The summed E-state index contributed by atoms with van der Waals surface area (Å²) in [6.07, 6.45) is 4.93. The van der Waals surface area contributed by atoms with Gasteiger partial charge in [-0.1, -0.05) is 30.3 Å². The molecule has 0 unspecified atom stereocenters. The summed E-state index contributed by atoms with van der Waals surface area (Å²) in [6.45, 7) is 0. The van der Waals surface area contributed by atoms with Gasteiger partial charge in [-0.25, -0.2) is 0 Å². The van der Waals surface area contributed by atoms with E-state index in [0.29, 0.717) is 17.8 Å². The number of aryl methyl sites for hydroxylation is 2. The van der Waals surface area contributed by atoms with E-state index in [1.807, 2.05) is 30.3 Å². The maximum Gasteiger partial charge on any atom is 0.276 e. The molecule has 0 saturated carbocycles. The fourth-order valence-corrected chi connectivity index (χ4v) is 2.64. The van der Waals surface area contributed by atoms with Crippen LogP contribution in [0.15, 0.2) is 60.9 Å². The van der Waals surface area contributed by atoms with Crippen molar-refractivity contribution in [1.82, 2.24) is 30.4 Å². The fraction of sp³-hybridized carbons (Fsp3) is 0.105. The van der Waals surface area contributed by atoms with Crippen LogP contribution in [-0.4, -0.2) is 36.3 Å². The molecule has 0 aliphatic rings. The van der Waals surface area contributed by atoms with E-state index in [4.69, 9.17) is 0 Å². The first-order valence-electron chi connectivity index (χ1n) is 8.50. The molecular formula is C19H17N7O. The van der Waals surface area contributed by atoms with E-state index in [9.17, 15) is 4.79 Å². The Labute approximate surface area is 155 Å². The number of nitrogens with zero attached hydrogens (tertiary/aromatic N) is 4. The summed E-state index contributed by atoms with van der Waals surface area (Å²) < 4.78 is 0. The number of amides is 1. The molecule has 4 aromatic rings. The highest BCUT2D eigenvalue weighted by molar-refractivity contribution is 6.02. The standard InChI is InChI=1S/C19H17N7O/c27-18(16-11-15(23-24-16)14-7-4-10-20-12-14)22-19-21-17(25-26-19)9-8-13-5-2-1-3-6-13/h1-7,10-12H,8-9H2,(H,23,24)(H2,21,22,25,26,27). The Hall–Kier alpha value is -3.81. The molecule has 3 aromatic heterocycles. The van der Waals surface area contributed by atoms with Gasteiger partial charge < -0.3 is 0 Å². The van der Waals surface area contributed by atoms with E-state index in [1.54, 1.807) is 18.5 Å². The van der Waals surface area contributed by atoms with Crippen LogP contribution in [0.5, 0.6) is 0 Å². The number of H-pyrrole nitrogens is 2. The number of carbonyl (C=O) groups excluding carboxylic acids is 1. The van der Waals surface area contributed by atoms with Gasteiger partial charge in [-0.3, -0.25) is 25.3 Å². The molecule has 0 aliphatic carbocycles. The predicted octanol–water partition coefficient (Wildman–Crippen LogP) is 2.63. The average molecular weight is 359 g/mol. The van der Waals surface area contributed by atoms with Gasteiger partial charge >= 0.3 is 0 Å². The van der Waals surface area contributed by atoms with Gasteiger partial charge in [-0.2, -0.15) is 10.1 Å². The largest absolute Gasteiger partial charge is 0.288 e. The van der Waals surface area contributed by atoms with Gasteiger partial charge in [0.2, 0.25) is 5.95 Å². The summed E-state index contributed by atoms with van der Waals surface area (Å²) in [5.41, 5.74) is 3.02. The normalized spacial score (nSPS) is 10.7. The Balaban J connectivity index is 1.37. The second-order valence-electron chi connectivity index (χ2n) is 5.95. The first-order valence-corrected chi connectivity index (χ1v) is 8.50. The Morgan fingerprint density at radius 1 is 1.00 bits per heavy atom. The average Bonchev–Trinajstić information content (AvgIpc) is 3.38. The first-order chi connectivity index (χ1) is 13.3. The van der Waals surface area contributed by atoms with Crippen molar-refractivity contribution in [3.8, 4) is 11.3 Å². The number of benzene rings is 1. The lowest BCUT2D eigenvalue weighted by molar-refractivity contribution is 0.102. The molecule has 0 aliphatic heterocycles. The van der Waals surface area contributed by atoms with Crippen LogP contribution in [0.4, 0.5) is 5.95 Å². The van der Waals surface area contributed by atoms with E-state index >= 15 is 0 Å². The molecule has 0 bridgehead atoms. The second kappa shape index (κ2) is 7.61. The third kappa shape index (κ3) is 4.06. The zero-order chi connectivity index (χ0) is 18.5. The van der Waals surface area contributed by atoms with Crippen molar-refractivity contribution in [2.24, 2.45) is 0 Å². The van der Waals surface area contributed by atoms with Crippen LogP contribution in [0.25, 0.3) is 11.3 Å². The van der Waals surface area contributed by atoms with Crippen molar-refractivity contribution >= 4 is 11.9 Å². The van der Waals surface area contributed by atoms with Crippen LogP contribution in [-0.2, 0) is 12.8 Å². The highest BCUT2D eigenvalue weighted by atomic mass is 16.2. The topological polar surface area (TPSA) is 112 Å². The van der Waals surface area contributed by atoms with Gasteiger partial charge in [0, 0.05) is 24.4 Å². The first kappa shape index (κ1) is 16.6. The van der Waals surface area contributed by atoms with Crippen LogP contribution < -0.4 is 5.32 Å². The number of hydrogen-bond donors (Lipinski definition) is 3. The summed E-state index contributed by atoms with van der Waals surface area (Å²) in [7, 11) is 0. The number of carbonyl (C=O) groups is 1. The predicted molar refractivity (Wildman–Crippen MR) is 100 cm³/mol. The minimum Gasteiger partial charge on any atom is -0.288 e. The van der Waals surface area contributed by atoms with E-state index < -0.39 is 0 Å². The molecule has 1 aromatic carbocycles. The number of hydrogen-bond acceptors (Lipinski definition) is 5. The van der Waals surface area contributed by atoms with E-state index in [-0.39, 0.29) is 11.9 Å². The second-order valence-corrected chi connectivity index (χ2v) is 5.95. The molecule has 0 atom stereocenters. The highest BCUT2D eigenvalue weighted by Crippen LogP contribution is 2.16. The lowest BCUT2D eigenvalue weighted by atomic mass is 10.1. The fourth-order valence-electron chi connectivity index (χ4n) is 2.64. The maximum atomic E-state index is 12.4. The monoisotopic (exact) mass is 359 g/mol. The number of anilines is 1. The van der Waals surface area contributed by atoms with Crippen molar-refractivity contribution in [2.45, 2.75) is 12.8 Å². The molecule has 134 valence electrons. The van der Waals surface area contributed by atoms with Gasteiger partial charge in [0.15, 0.2) is 0 Å². The smallest absolute Gasteiger partial charge is 0.276 e. The number of pyridine rings is 1. The van der Waals surface area contributed by atoms with Gasteiger partial charge in [-0.05, 0) is 30.2 Å². The molecule has 1 amide bonds. The minimum absolute atomic E-state index is 0.237. The molecule has 0 fully saturated rings. The minimum atomic E-state index is -0.355. The summed E-state index contributed by atoms with van der Waals surface area (Å²) in [5.74, 6) is 0.599. The van der Waals surface area contributed by atoms with Crippen LogP contribution in [0, 0.1) is 0 Å². The van der Waals surface area contributed by atoms with Gasteiger partial charge in [-0.15, -0.1) is 5.10 Å². The summed E-state index contributed by atoms with van der Waals surface area (Å²) in [4.78, 5) is 20.7. The van der Waals surface area contributed by atoms with Gasteiger partial charge in [0.05, 0.1) is 5.69 Å². The van der Waals surface area contributed by atoms with Crippen LogP contribution >= 0.6 is 0 Å².